The van der Waals surface area contributed by atoms with Gasteiger partial charge in [-0.25, -0.2) is 4.39 Å². The molecule has 0 saturated carbocycles. The minimum Gasteiger partial charge on any atom is -0.497 e. The summed E-state index contributed by atoms with van der Waals surface area (Å²) in [4.78, 5) is 0. The van der Waals surface area contributed by atoms with Gasteiger partial charge in [0, 0.05) is 5.56 Å². The molecule has 0 amide bonds. The lowest BCUT2D eigenvalue weighted by atomic mass is 10.2. The van der Waals surface area contributed by atoms with Gasteiger partial charge in [0.1, 0.15) is 11.6 Å². The highest BCUT2D eigenvalue weighted by molar-refractivity contribution is 5.32. The molecule has 0 atom stereocenters. The Labute approximate surface area is 141 Å². The molecule has 0 aliphatic heterocycles. The van der Waals surface area contributed by atoms with E-state index in [2.05, 4.69) is 11.8 Å². The van der Waals surface area contributed by atoms with Crippen molar-refractivity contribution in [2.75, 3.05) is 7.11 Å². The second-order valence-corrected chi connectivity index (χ2v) is 3.86. The number of halogens is 1. The number of benzene rings is 2. The average Bonchev–Trinajstić information content (AvgIpc) is 2.63. The maximum absolute atomic E-state index is 12.6. The highest BCUT2D eigenvalue weighted by Crippen LogP contribution is 2.14. The zero-order chi connectivity index (χ0) is 18.1. The summed E-state index contributed by atoms with van der Waals surface area (Å²) in [6, 6.07) is 14.6. The molecule has 126 valence electrons. The number of hydrogen-bond donors (Lipinski definition) is 0. The molecule has 0 fully saturated rings. The van der Waals surface area contributed by atoms with Gasteiger partial charge in [-0.3, -0.25) is 0 Å². The van der Waals surface area contributed by atoms with Gasteiger partial charge in [0.05, 0.1) is 7.11 Å². The first kappa shape index (κ1) is 23.0. The van der Waals surface area contributed by atoms with Crippen molar-refractivity contribution in [2.24, 2.45) is 0 Å². The first-order chi connectivity index (χ1) is 11.2. The van der Waals surface area contributed by atoms with E-state index in [1.54, 1.807) is 26.2 Å². The molecule has 0 spiro atoms. The van der Waals surface area contributed by atoms with Crippen molar-refractivity contribution in [3.8, 4) is 17.6 Å². The van der Waals surface area contributed by atoms with Crippen LogP contribution in [-0.2, 0) is 0 Å². The van der Waals surface area contributed by atoms with Gasteiger partial charge in [0.25, 0.3) is 0 Å². The SMILES string of the molecule is CC.CC.CC#Cc1ccccc1.COc1ccc(F)c(C)c1. The Hall–Kier alpha value is -2.27. The van der Waals surface area contributed by atoms with Crippen LogP contribution in [0.4, 0.5) is 4.39 Å². The van der Waals surface area contributed by atoms with Crippen molar-refractivity contribution in [2.45, 2.75) is 41.5 Å². The summed E-state index contributed by atoms with van der Waals surface area (Å²) in [6.45, 7) is 11.5. The molecule has 0 unspecified atom stereocenters. The summed E-state index contributed by atoms with van der Waals surface area (Å²) in [7, 11) is 1.56. The Bertz CT molecular complexity index is 565. The van der Waals surface area contributed by atoms with E-state index in [4.69, 9.17) is 4.74 Å². The van der Waals surface area contributed by atoms with E-state index in [-0.39, 0.29) is 5.82 Å². The number of rotatable bonds is 1. The van der Waals surface area contributed by atoms with Crippen molar-refractivity contribution in [1.82, 2.24) is 0 Å². The van der Waals surface area contributed by atoms with Crippen LogP contribution < -0.4 is 4.74 Å². The third kappa shape index (κ3) is 11.0. The Morgan fingerprint density at radius 3 is 1.91 bits per heavy atom. The van der Waals surface area contributed by atoms with Gasteiger partial charge in [-0.05, 0) is 49.7 Å². The second kappa shape index (κ2) is 16.1. The largest absolute Gasteiger partial charge is 0.497 e. The van der Waals surface area contributed by atoms with Crippen molar-refractivity contribution in [3.63, 3.8) is 0 Å². The molecule has 2 aromatic carbocycles. The first-order valence-electron chi connectivity index (χ1n) is 7.95. The number of hydrogen-bond acceptors (Lipinski definition) is 1. The van der Waals surface area contributed by atoms with Crippen LogP contribution in [-0.4, -0.2) is 7.11 Å². The molecule has 0 aromatic heterocycles. The molecule has 0 aliphatic carbocycles. The molecule has 2 aromatic rings. The smallest absolute Gasteiger partial charge is 0.126 e. The van der Waals surface area contributed by atoms with Gasteiger partial charge in [0.2, 0.25) is 0 Å². The molecule has 2 rings (SSSR count). The fourth-order valence-corrected chi connectivity index (χ4v) is 1.41. The summed E-state index contributed by atoms with van der Waals surface area (Å²) >= 11 is 0. The van der Waals surface area contributed by atoms with Crippen LogP contribution in [0.25, 0.3) is 0 Å². The molecule has 0 radical (unpaired) electrons. The molecule has 0 saturated heterocycles. The lowest BCUT2D eigenvalue weighted by molar-refractivity contribution is 0.413. The molecule has 0 bridgehead atoms. The van der Waals surface area contributed by atoms with Crippen LogP contribution in [0.3, 0.4) is 0 Å². The van der Waals surface area contributed by atoms with E-state index in [1.807, 2.05) is 65.0 Å². The molecule has 2 heteroatoms. The Kier molecular flexibility index (Phi) is 16.1. The van der Waals surface area contributed by atoms with Gasteiger partial charge < -0.3 is 4.74 Å². The normalized spacial score (nSPS) is 7.65. The van der Waals surface area contributed by atoms with Crippen LogP contribution >= 0.6 is 0 Å². The second-order valence-electron chi connectivity index (χ2n) is 3.86. The fourth-order valence-electron chi connectivity index (χ4n) is 1.41. The van der Waals surface area contributed by atoms with Gasteiger partial charge in [0.15, 0.2) is 0 Å². The number of aryl methyl sites for hydroxylation is 1. The summed E-state index contributed by atoms with van der Waals surface area (Å²) in [6.07, 6.45) is 0. The van der Waals surface area contributed by atoms with Crippen molar-refractivity contribution >= 4 is 0 Å². The van der Waals surface area contributed by atoms with Crippen LogP contribution in [0, 0.1) is 24.6 Å². The molecule has 1 nitrogen and oxygen atoms in total. The highest BCUT2D eigenvalue weighted by atomic mass is 19.1. The molecule has 23 heavy (non-hydrogen) atoms. The standard InChI is InChI=1S/C9H8.C8H9FO.2C2H6/c1-2-6-9-7-4-3-5-8-9;1-6-5-7(10-2)3-4-8(6)9;2*1-2/h3-5,7-8H,1H3;3-5H,1-2H3;2*1-2H3. The lowest BCUT2D eigenvalue weighted by Gasteiger charge is -2.00. The van der Waals surface area contributed by atoms with Crippen molar-refractivity contribution in [1.29, 1.82) is 0 Å². The summed E-state index contributed by atoms with van der Waals surface area (Å²) in [5, 5.41) is 0. The zero-order valence-electron chi connectivity index (χ0n) is 15.4. The molecule has 0 N–H and O–H groups in total. The van der Waals surface area contributed by atoms with Gasteiger partial charge in [-0.15, -0.1) is 5.92 Å². The van der Waals surface area contributed by atoms with Crippen LogP contribution in [0.15, 0.2) is 48.5 Å². The molecular weight excluding hydrogens is 287 g/mol. The monoisotopic (exact) mass is 316 g/mol. The van der Waals surface area contributed by atoms with Crippen LogP contribution in [0.5, 0.6) is 5.75 Å². The van der Waals surface area contributed by atoms with Gasteiger partial charge >= 0.3 is 0 Å². The topological polar surface area (TPSA) is 9.23 Å². The van der Waals surface area contributed by atoms with Crippen LogP contribution in [0.1, 0.15) is 45.7 Å². The highest BCUT2D eigenvalue weighted by Gasteiger charge is 1.96. The van der Waals surface area contributed by atoms with E-state index < -0.39 is 0 Å². The van der Waals surface area contributed by atoms with Crippen LogP contribution in [0.2, 0.25) is 0 Å². The van der Waals surface area contributed by atoms with Gasteiger partial charge in [-0.1, -0.05) is 51.8 Å². The molecule has 0 heterocycles. The third-order valence-corrected chi connectivity index (χ3v) is 2.41. The maximum atomic E-state index is 12.6. The first-order valence-corrected chi connectivity index (χ1v) is 7.95. The molecule has 0 aliphatic rings. The summed E-state index contributed by atoms with van der Waals surface area (Å²) < 4.78 is 17.5. The minimum atomic E-state index is -0.194. The van der Waals surface area contributed by atoms with E-state index in [0.717, 1.165) is 5.56 Å². The number of ether oxygens (including phenoxy) is 1. The Balaban J connectivity index is 0. The lowest BCUT2D eigenvalue weighted by Crippen LogP contribution is -1.85. The Morgan fingerprint density at radius 1 is 0.913 bits per heavy atom. The van der Waals surface area contributed by atoms with E-state index in [0.29, 0.717) is 11.3 Å². The fraction of sp³-hybridized carbons (Fsp3) is 0.333. The average molecular weight is 316 g/mol. The molecular formula is C21H29FO. The number of methoxy groups -OCH3 is 1. The van der Waals surface area contributed by atoms with E-state index in [1.165, 1.54) is 6.07 Å². The van der Waals surface area contributed by atoms with Crippen molar-refractivity contribution < 1.29 is 9.13 Å². The quantitative estimate of drug-likeness (QED) is 0.565. The predicted octanol–water partition coefficient (Wildman–Crippen LogP) is 6.25. The van der Waals surface area contributed by atoms with E-state index >= 15 is 0 Å². The third-order valence-electron chi connectivity index (χ3n) is 2.41. The predicted molar refractivity (Wildman–Crippen MR) is 99.4 cm³/mol. The summed E-state index contributed by atoms with van der Waals surface area (Å²) in [5.74, 6) is 6.29. The Morgan fingerprint density at radius 2 is 1.48 bits per heavy atom. The summed E-state index contributed by atoms with van der Waals surface area (Å²) in [5.41, 5.74) is 1.69. The van der Waals surface area contributed by atoms with Gasteiger partial charge in [-0.2, -0.15) is 0 Å². The maximum Gasteiger partial charge on any atom is 0.126 e. The van der Waals surface area contributed by atoms with E-state index in [9.17, 15) is 4.39 Å². The minimum absolute atomic E-state index is 0.194. The van der Waals surface area contributed by atoms with Crippen molar-refractivity contribution in [3.05, 3.63) is 65.5 Å². The zero-order valence-corrected chi connectivity index (χ0v) is 15.4.